The lowest BCUT2D eigenvalue weighted by atomic mass is 9.87. The van der Waals surface area contributed by atoms with Crippen LogP contribution in [0.4, 0.5) is 8.78 Å². The Kier molecular flexibility index (Phi) is 8.17. The summed E-state index contributed by atoms with van der Waals surface area (Å²) in [7, 11) is 0. The molecule has 0 saturated heterocycles. The van der Waals surface area contributed by atoms with Gasteiger partial charge in [0.25, 0.3) is 0 Å². The monoisotopic (exact) mass is 489 g/mol. The molecule has 0 spiro atoms. The van der Waals surface area contributed by atoms with Gasteiger partial charge in [-0.15, -0.1) is 0 Å². The SMILES string of the molecule is CC(=O)N[C@@H](Cc1cc(F)cc(F)c1)[C@@H](O)CN[C@H]1CC(C)(C)Oc2cnc(CC(C)(C)C)cc21. The number of aromatic nitrogens is 1. The molecule has 0 radical (unpaired) electrons. The van der Waals surface area contributed by atoms with E-state index in [2.05, 4.69) is 42.5 Å². The van der Waals surface area contributed by atoms with Crippen LogP contribution in [0, 0.1) is 17.0 Å². The highest BCUT2D eigenvalue weighted by molar-refractivity contribution is 5.73. The number of aliphatic hydroxyl groups excluding tert-OH is 1. The standard InChI is InChI=1S/C27H37F2N3O3/c1-16(33)32-22(9-17-7-18(28)10-19(29)8-17)24(34)14-31-23-13-27(5,6)35-25-15-30-20(11-21(23)25)12-26(2,3)4/h7-8,10-11,15,22-24,31,34H,9,12-14H2,1-6H3,(H,32,33)/t22-,23-,24-/m0/s1. The number of carbonyl (C=O) groups is 1. The third-order valence-electron chi connectivity index (χ3n) is 5.93. The molecule has 3 N–H and O–H groups in total. The average molecular weight is 490 g/mol. The molecule has 2 aromatic rings. The number of nitrogens with zero attached hydrogens (tertiary/aromatic N) is 1. The van der Waals surface area contributed by atoms with Gasteiger partial charge in [0.15, 0.2) is 0 Å². The predicted molar refractivity (Wildman–Crippen MR) is 131 cm³/mol. The van der Waals surface area contributed by atoms with Crippen LogP contribution in [0.15, 0.2) is 30.5 Å². The number of aliphatic hydroxyl groups is 1. The van der Waals surface area contributed by atoms with Gasteiger partial charge in [0.1, 0.15) is 23.0 Å². The number of hydrogen-bond acceptors (Lipinski definition) is 5. The second-order valence-electron chi connectivity index (χ2n) is 11.3. The molecule has 2 heterocycles. The normalized spacial score (nSPS) is 18.8. The summed E-state index contributed by atoms with van der Waals surface area (Å²) in [4.78, 5) is 16.4. The first-order valence-corrected chi connectivity index (χ1v) is 12.0. The van der Waals surface area contributed by atoms with E-state index in [1.54, 1.807) is 6.20 Å². The van der Waals surface area contributed by atoms with E-state index in [-0.39, 0.29) is 30.3 Å². The van der Waals surface area contributed by atoms with Crippen LogP contribution in [0.3, 0.4) is 0 Å². The van der Waals surface area contributed by atoms with Crippen LogP contribution in [0.25, 0.3) is 0 Å². The van der Waals surface area contributed by atoms with Gasteiger partial charge in [0.2, 0.25) is 5.91 Å². The number of rotatable bonds is 8. The van der Waals surface area contributed by atoms with Crippen LogP contribution in [0.1, 0.15) is 70.8 Å². The first-order chi connectivity index (χ1) is 16.2. The van der Waals surface area contributed by atoms with E-state index in [1.807, 2.05) is 13.8 Å². The van der Waals surface area contributed by atoms with Crippen molar-refractivity contribution in [1.82, 2.24) is 15.6 Å². The van der Waals surface area contributed by atoms with E-state index in [1.165, 1.54) is 19.1 Å². The Morgan fingerprint density at radius 2 is 1.89 bits per heavy atom. The fourth-order valence-corrected chi connectivity index (χ4v) is 4.56. The maximum atomic E-state index is 13.7. The lowest BCUT2D eigenvalue weighted by Crippen LogP contribution is -2.49. The number of benzene rings is 1. The van der Waals surface area contributed by atoms with Crippen LogP contribution >= 0.6 is 0 Å². The Labute approximate surface area is 206 Å². The third-order valence-corrected chi connectivity index (χ3v) is 5.93. The smallest absolute Gasteiger partial charge is 0.217 e. The molecular formula is C27H37F2N3O3. The summed E-state index contributed by atoms with van der Waals surface area (Å²) in [6.07, 6.45) is 2.35. The highest BCUT2D eigenvalue weighted by Gasteiger charge is 2.35. The van der Waals surface area contributed by atoms with Gasteiger partial charge in [-0.05, 0) is 55.9 Å². The molecule has 1 aliphatic rings. The second-order valence-corrected chi connectivity index (χ2v) is 11.3. The number of hydrogen-bond donors (Lipinski definition) is 3. The lowest BCUT2D eigenvalue weighted by Gasteiger charge is -2.38. The van der Waals surface area contributed by atoms with Crippen LogP contribution in [0.5, 0.6) is 5.75 Å². The maximum absolute atomic E-state index is 13.7. The Bertz CT molecular complexity index is 1030. The molecule has 0 aliphatic carbocycles. The van der Waals surface area contributed by atoms with Gasteiger partial charge >= 0.3 is 0 Å². The molecule has 3 atom stereocenters. The van der Waals surface area contributed by atoms with Crippen molar-refractivity contribution in [3.63, 3.8) is 0 Å². The number of carbonyl (C=O) groups excluding carboxylic acids is 1. The molecular weight excluding hydrogens is 452 g/mol. The zero-order valence-electron chi connectivity index (χ0n) is 21.4. The number of amides is 1. The molecule has 35 heavy (non-hydrogen) atoms. The molecule has 0 saturated carbocycles. The third kappa shape index (κ3) is 7.97. The van der Waals surface area contributed by atoms with Gasteiger partial charge in [-0.2, -0.15) is 0 Å². The number of fused-ring (bicyclic) bond motifs is 1. The Morgan fingerprint density at radius 3 is 2.49 bits per heavy atom. The average Bonchev–Trinajstić information content (AvgIpc) is 2.69. The van der Waals surface area contributed by atoms with Crippen molar-refractivity contribution in [1.29, 1.82) is 0 Å². The summed E-state index contributed by atoms with van der Waals surface area (Å²) in [5.74, 6) is -1.02. The van der Waals surface area contributed by atoms with Gasteiger partial charge in [0, 0.05) is 43.3 Å². The van der Waals surface area contributed by atoms with Crippen molar-refractivity contribution in [3.8, 4) is 5.75 Å². The Hall–Kier alpha value is -2.58. The molecule has 1 aromatic heterocycles. The van der Waals surface area contributed by atoms with Gasteiger partial charge in [-0.3, -0.25) is 9.78 Å². The molecule has 1 aromatic carbocycles. The summed E-state index contributed by atoms with van der Waals surface area (Å²) in [6, 6.07) is 4.44. The fourth-order valence-electron chi connectivity index (χ4n) is 4.56. The summed E-state index contributed by atoms with van der Waals surface area (Å²) in [5.41, 5.74) is 1.96. The molecule has 1 aliphatic heterocycles. The molecule has 0 fully saturated rings. The highest BCUT2D eigenvalue weighted by atomic mass is 19.1. The van der Waals surface area contributed by atoms with Crippen molar-refractivity contribution in [2.24, 2.45) is 5.41 Å². The van der Waals surface area contributed by atoms with E-state index in [0.717, 1.165) is 23.7 Å². The van der Waals surface area contributed by atoms with Crippen molar-refractivity contribution in [2.75, 3.05) is 6.54 Å². The lowest BCUT2D eigenvalue weighted by molar-refractivity contribution is -0.120. The Morgan fingerprint density at radius 1 is 1.23 bits per heavy atom. The topological polar surface area (TPSA) is 83.5 Å². The number of ether oxygens (including phenoxy) is 1. The summed E-state index contributed by atoms with van der Waals surface area (Å²) < 4.78 is 33.5. The zero-order valence-corrected chi connectivity index (χ0v) is 21.4. The zero-order chi connectivity index (χ0) is 26.0. The van der Waals surface area contributed by atoms with Gasteiger partial charge in [-0.25, -0.2) is 8.78 Å². The summed E-state index contributed by atoms with van der Waals surface area (Å²) in [5, 5.41) is 17.1. The van der Waals surface area contributed by atoms with Crippen molar-refractivity contribution in [3.05, 3.63) is 58.9 Å². The Balaban J connectivity index is 1.77. The molecule has 0 unspecified atom stereocenters. The van der Waals surface area contributed by atoms with Crippen LogP contribution in [-0.4, -0.2) is 40.3 Å². The van der Waals surface area contributed by atoms with Gasteiger partial charge in [0.05, 0.1) is 18.3 Å². The number of nitrogens with one attached hydrogen (secondary N) is 2. The van der Waals surface area contributed by atoms with E-state index in [9.17, 15) is 18.7 Å². The van der Waals surface area contributed by atoms with Gasteiger partial charge < -0.3 is 20.5 Å². The second kappa shape index (κ2) is 10.6. The van der Waals surface area contributed by atoms with Crippen molar-refractivity contribution < 1.29 is 23.4 Å². The minimum atomic E-state index is -0.990. The van der Waals surface area contributed by atoms with Crippen LogP contribution in [-0.2, 0) is 17.6 Å². The summed E-state index contributed by atoms with van der Waals surface area (Å²) in [6.45, 7) is 12.0. The molecule has 3 rings (SSSR count). The van der Waals surface area contributed by atoms with E-state index >= 15 is 0 Å². The summed E-state index contributed by atoms with van der Waals surface area (Å²) >= 11 is 0. The van der Waals surface area contributed by atoms with Gasteiger partial charge in [-0.1, -0.05) is 20.8 Å². The van der Waals surface area contributed by atoms with Crippen molar-refractivity contribution in [2.45, 2.75) is 84.6 Å². The first kappa shape index (κ1) is 27.0. The quantitative estimate of drug-likeness (QED) is 0.517. The maximum Gasteiger partial charge on any atom is 0.217 e. The van der Waals surface area contributed by atoms with Crippen LogP contribution in [0.2, 0.25) is 0 Å². The minimum Gasteiger partial charge on any atom is -0.486 e. The van der Waals surface area contributed by atoms with E-state index in [0.29, 0.717) is 17.7 Å². The fraction of sp³-hybridized carbons (Fsp3) is 0.556. The minimum absolute atomic E-state index is 0.0805. The predicted octanol–water partition coefficient (Wildman–Crippen LogP) is 4.25. The molecule has 192 valence electrons. The largest absolute Gasteiger partial charge is 0.486 e. The number of pyridine rings is 1. The number of halogens is 2. The van der Waals surface area contributed by atoms with E-state index < -0.39 is 29.4 Å². The van der Waals surface area contributed by atoms with Crippen LogP contribution < -0.4 is 15.4 Å². The molecule has 8 heteroatoms. The van der Waals surface area contributed by atoms with Crippen molar-refractivity contribution >= 4 is 5.91 Å². The highest BCUT2D eigenvalue weighted by Crippen LogP contribution is 2.40. The molecule has 6 nitrogen and oxygen atoms in total. The first-order valence-electron chi connectivity index (χ1n) is 12.0. The van der Waals surface area contributed by atoms with E-state index in [4.69, 9.17) is 4.74 Å². The molecule has 1 amide bonds. The molecule has 0 bridgehead atoms.